The van der Waals surface area contributed by atoms with Gasteiger partial charge < -0.3 is 9.84 Å². The maximum Gasteiger partial charge on any atom is 0.358 e. The summed E-state index contributed by atoms with van der Waals surface area (Å²) >= 11 is 1.93. The lowest BCUT2D eigenvalue weighted by Gasteiger charge is -2.38. The maximum absolute atomic E-state index is 11.2. The van der Waals surface area contributed by atoms with Gasteiger partial charge in [0.25, 0.3) is 0 Å². The highest BCUT2D eigenvalue weighted by molar-refractivity contribution is 7.99. The third kappa shape index (κ3) is 2.33. The van der Waals surface area contributed by atoms with Crippen molar-refractivity contribution in [3.05, 3.63) is 11.4 Å². The first-order chi connectivity index (χ1) is 9.65. The highest BCUT2D eigenvalue weighted by atomic mass is 32.2. The minimum Gasteiger partial charge on any atom is -0.476 e. The number of carboxylic acids is 1. The van der Waals surface area contributed by atoms with Crippen molar-refractivity contribution in [1.82, 2.24) is 15.0 Å². The van der Waals surface area contributed by atoms with Crippen LogP contribution in [-0.4, -0.2) is 49.8 Å². The van der Waals surface area contributed by atoms with E-state index in [-0.39, 0.29) is 17.3 Å². The number of nitrogens with zero attached hydrogens (tertiary/aromatic N) is 3. The number of rotatable bonds is 3. The zero-order valence-electron chi connectivity index (χ0n) is 11.5. The van der Waals surface area contributed by atoms with Crippen LogP contribution in [0.4, 0.5) is 0 Å². The fraction of sp³-hybridized carbons (Fsp3) is 0.769. The van der Waals surface area contributed by atoms with Gasteiger partial charge in [0.05, 0.1) is 17.3 Å². The number of aromatic carboxylic acids is 1. The van der Waals surface area contributed by atoms with E-state index >= 15 is 0 Å². The fourth-order valence-corrected chi connectivity index (χ4v) is 4.55. The Morgan fingerprint density at radius 1 is 1.65 bits per heavy atom. The Morgan fingerprint density at radius 2 is 2.50 bits per heavy atom. The van der Waals surface area contributed by atoms with Crippen LogP contribution in [0, 0.1) is 0 Å². The number of ether oxygens (including phenoxy) is 1. The molecule has 3 heterocycles. The Kier molecular flexibility index (Phi) is 3.72. The molecule has 0 bridgehead atoms. The molecule has 20 heavy (non-hydrogen) atoms. The van der Waals surface area contributed by atoms with E-state index in [1.165, 1.54) is 0 Å². The zero-order valence-corrected chi connectivity index (χ0v) is 12.4. The van der Waals surface area contributed by atoms with Gasteiger partial charge in [-0.3, -0.25) is 0 Å². The summed E-state index contributed by atoms with van der Waals surface area (Å²) < 4.78 is 7.84. The molecule has 7 heteroatoms. The molecule has 1 N–H and O–H groups in total. The fourth-order valence-electron chi connectivity index (χ4n) is 3.18. The van der Waals surface area contributed by atoms with Crippen molar-refractivity contribution in [2.75, 3.05) is 18.1 Å². The smallest absolute Gasteiger partial charge is 0.358 e. The Morgan fingerprint density at radius 3 is 3.15 bits per heavy atom. The first-order valence-electron chi connectivity index (χ1n) is 7.04. The average Bonchev–Trinajstić information content (AvgIpc) is 3.05. The van der Waals surface area contributed by atoms with E-state index in [9.17, 15) is 4.79 Å². The second kappa shape index (κ2) is 5.37. The normalized spacial score (nSPS) is 29.9. The molecule has 6 nitrogen and oxygen atoms in total. The van der Waals surface area contributed by atoms with Crippen LogP contribution in [0.3, 0.4) is 0 Å². The van der Waals surface area contributed by atoms with E-state index in [1.807, 2.05) is 23.4 Å². The Bertz CT molecular complexity index is 511. The minimum atomic E-state index is -0.994. The summed E-state index contributed by atoms with van der Waals surface area (Å²) in [6.45, 7) is 2.67. The second-order valence-corrected chi connectivity index (χ2v) is 6.57. The quantitative estimate of drug-likeness (QED) is 0.916. The molecular formula is C13H19N3O3S. The van der Waals surface area contributed by atoms with Gasteiger partial charge in [0.15, 0.2) is 5.69 Å². The van der Waals surface area contributed by atoms with Gasteiger partial charge in [0.2, 0.25) is 0 Å². The van der Waals surface area contributed by atoms with Gasteiger partial charge in [0.1, 0.15) is 0 Å². The van der Waals surface area contributed by atoms with Crippen molar-refractivity contribution in [1.29, 1.82) is 0 Å². The summed E-state index contributed by atoms with van der Waals surface area (Å²) in [5, 5.41) is 17.1. The molecule has 2 saturated heterocycles. The van der Waals surface area contributed by atoms with E-state index in [4.69, 9.17) is 9.84 Å². The largest absolute Gasteiger partial charge is 0.476 e. The Hall–Kier alpha value is -1.08. The van der Waals surface area contributed by atoms with Crippen molar-refractivity contribution >= 4 is 17.7 Å². The molecule has 2 unspecified atom stereocenters. The number of carbonyl (C=O) groups is 1. The summed E-state index contributed by atoms with van der Waals surface area (Å²) in [6, 6.07) is 0.206. The van der Waals surface area contributed by atoms with Gasteiger partial charge in [0, 0.05) is 12.4 Å². The number of carboxylic acid groups (broad SMARTS) is 1. The number of hydrogen-bond donors (Lipinski definition) is 1. The third-order valence-electron chi connectivity index (χ3n) is 4.21. The lowest BCUT2D eigenvalue weighted by atomic mass is 9.90. The first-order valence-corrected chi connectivity index (χ1v) is 8.20. The molecule has 1 aromatic rings. The van der Waals surface area contributed by atoms with E-state index in [2.05, 4.69) is 10.3 Å². The summed E-state index contributed by atoms with van der Waals surface area (Å²) in [4.78, 5) is 11.2. The van der Waals surface area contributed by atoms with Crippen LogP contribution < -0.4 is 0 Å². The summed E-state index contributed by atoms with van der Waals surface area (Å²) in [6.07, 6.45) is 3.50. The van der Waals surface area contributed by atoms with E-state index in [0.29, 0.717) is 6.42 Å². The molecule has 3 rings (SSSR count). The monoisotopic (exact) mass is 297 g/mol. The Labute approximate surface area is 121 Å². The molecule has 0 aliphatic carbocycles. The molecule has 0 saturated carbocycles. The van der Waals surface area contributed by atoms with Crippen LogP contribution in [0.1, 0.15) is 48.4 Å². The van der Waals surface area contributed by atoms with Gasteiger partial charge in [-0.25, -0.2) is 9.48 Å². The number of thioether (sulfide) groups is 1. The molecule has 2 atom stereocenters. The van der Waals surface area contributed by atoms with E-state index in [0.717, 1.165) is 43.1 Å². The summed E-state index contributed by atoms with van der Waals surface area (Å²) in [5.74, 6) is 1.18. The van der Waals surface area contributed by atoms with Crippen LogP contribution in [-0.2, 0) is 11.2 Å². The topological polar surface area (TPSA) is 77.2 Å². The van der Waals surface area contributed by atoms with Gasteiger partial charge in [-0.15, -0.1) is 5.10 Å². The first kappa shape index (κ1) is 13.9. The Balaban J connectivity index is 1.87. The standard InChI is InChI=1S/C13H19N3O3S/c1-2-10-11(12(17)18)14-15-16(10)9-3-5-19-13(7-9)4-6-20-8-13/h9H,2-8H2,1H3,(H,17,18). The number of hydrogen-bond acceptors (Lipinski definition) is 5. The van der Waals surface area contributed by atoms with Gasteiger partial charge in [-0.1, -0.05) is 12.1 Å². The lowest BCUT2D eigenvalue weighted by molar-refractivity contribution is -0.0783. The maximum atomic E-state index is 11.2. The van der Waals surface area contributed by atoms with Crippen molar-refractivity contribution in [3.63, 3.8) is 0 Å². The third-order valence-corrected chi connectivity index (χ3v) is 5.43. The molecule has 2 fully saturated rings. The van der Waals surface area contributed by atoms with Crippen LogP contribution in [0.25, 0.3) is 0 Å². The molecule has 0 aromatic carbocycles. The molecule has 2 aliphatic rings. The zero-order chi connectivity index (χ0) is 14.2. The predicted molar refractivity (Wildman–Crippen MR) is 75.3 cm³/mol. The molecule has 110 valence electrons. The van der Waals surface area contributed by atoms with Crippen LogP contribution >= 0.6 is 11.8 Å². The van der Waals surface area contributed by atoms with Crippen LogP contribution in [0.15, 0.2) is 0 Å². The highest BCUT2D eigenvalue weighted by Gasteiger charge is 2.42. The van der Waals surface area contributed by atoms with Crippen molar-refractivity contribution in [2.24, 2.45) is 0 Å². The molecule has 1 aromatic heterocycles. The molecule has 1 spiro atoms. The molecule has 0 amide bonds. The van der Waals surface area contributed by atoms with E-state index < -0.39 is 5.97 Å². The van der Waals surface area contributed by atoms with Crippen LogP contribution in [0.2, 0.25) is 0 Å². The van der Waals surface area contributed by atoms with Crippen molar-refractivity contribution in [2.45, 2.75) is 44.2 Å². The molecular weight excluding hydrogens is 278 g/mol. The summed E-state index contributed by atoms with van der Waals surface area (Å²) in [5.41, 5.74) is 0.785. The molecule has 2 aliphatic heterocycles. The van der Waals surface area contributed by atoms with Crippen LogP contribution in [0.5, 0.6) is 0 Å². The van der Waals surface area contributed by atoms with Gasteiger partial charge in [-0.2, -0.15) is 11.8 Å². The van der Waals surface area contributed by atoms with Crippen molar-refractivity contribution in [3.8, 4) is 0 Å². The lowest BCUT2D eigenvalue weighted by Crippen LogP contribution is -2.41. The van der Waals surface area contributed by atoms with Gasteiger partial charge >= 0.3 is 5.97 Å². The SMILES string of the molecule is CCc1c(C(=O)O)nnn1C1CCOC2(CCSC2)C1. The average molecular weight is 297 g/mol. The minimum absolute atomic E-state index is 0.0338. The van der Waals surface area contributed by atoms with E-state index in [1.54, 1.807) is 0 Å². The van der Waals surface area contributed by atoms with Gasteiger partial charge in [-0.05, 0) is 31.4 Å². The second-order valence-electron chi connectivity index (χ2n) is 5.47. The molecule has 0 radical (unpaired) electrons. The van der Waals surface area contributed by atoms with Crippen molar-refractivity contribution < 1.29 is 14.6 Å². The predicted octanol–water partition coefficient (Wildman–Crippen LogP) is 1.77. The highest BCUT2D eigenvalue weighted by Crippen LogP contribution is 2.42. The summed E-state index contributed by atoms with van der Waals surface area (Å²) in [7, 11) is 0. The number of aromatic nitrogens is 3.